The van der Waals surface area contributed by atoms with E-state index in [1.165, 1.54) is 12.1 Å². The third-order valence-corrected chi connectivity index (χ3v) is 3.05. The number of hydrogen-bond acceptors (Lipinski definition) is 4. The van der Waals surface area contributed by atoms with Crippen LogP contribution >= 0.6 is 11.6 Å². The lowest BCUT2D eigenvalue weighted by molar-refractivity contribution is -0.384. The summed E-state index contributed by atoms with van der Waals surface area (Å²) in [6.45, 7) is 2.01. The molecule has 1 heterocycles. The average Bonchev–Trinajstić information content (AvgIpc) is 2.58. The third kappa shape index (κ3) is 2.94. The molecule has 2 rings (SSSR count). The zero-order valence-corrected chi connectivity index (χ0v) is 9.94. The Bertz CT molecular complexity index is 417. The number of nitro groups is 1. The van der Waals surface area contributed by atoms with Gasteiger partial charge in [0.05, 0.1) is 17.6 Å². The van der Waals surface area contributed by atoms with Crippen LogP contribution in [0, 0.1) is 10.1 Å². The molecule has 1 atom stereocenters. The van der Waals surface area contributed by atoms with E-state index in [1.807, 2.05) is 0 Å². The average molecular weight is 257 g/mol. The number of nitrogens with one attached hydrogen (secondary N) is 1. The number of halogens is 1. The van der Waals surface area contributed by atoms with Crippen LogP contribution in [0.25, 0.3) is 0 Å². The van der Waals surface area contributed by atoms with Crippen LogP contribution in [-0.2, 0) is 4.74 Å². The van der Waals surface area contributed by atoms with Gasteiger partial charge < -0.3 is 10.1 Å². The highest BCUT2D eigenvalue weighted by atomic mass is 35.5. The molecular formula is C11H13ClN2O3. The van der Waals surface area contributed by atoms with Crippen LogP contribution in [0.15, 0.2) is 18.2 Å². The maximum atomic E-state index is 10.7. The molecule has 6 heteroatoms. The van der Waals surface area contributed by atoms with Gasteiger partial charge in [-0.3, -0.25) is 10.1 Å². The highest BCUT2D eigenvalue weighted by Gasteiger charge is 2.19. The van der Waals surface area contributed by atoms with Crippen molar-refractivity contribution in [1.29, 1.82) is 0 Å². The van der Waals surface area contributed by atoms with Gasteiger partial charge in [0, 0.05) is 23.8 Å². The first-order valence-corrected chi connectivity index (χ1v) is 5.81. The van der Waals surface area contributed by atoms with Gasteiger partial charge in [0.15, 0.2) is 0 Å². The second kappa shape index (κ2) is 5.44. The second-order valence-electron chi connectivity index (χ2n) is 3.90. The normalized spacial score (nSPS) is 20.9. The van der Waals surface area contributed by atoms with Crippen molar-refractivity contribution in [1.82, 2.24) is 5.32 Å². The molecule has 1 aliphatic rings. The van der Waals surface area contributed by atoms with Crippen LogP contribution in [0.1, 0.15) is 18.0 Å². The number of nitro benzene ring substituents is 1. The van der Waals surface area contributed by atoms with Crippen molar-refractivity contribution in [2.75, 3.05) is 19.8 Å². The van der Waals surface area contributed by atoms with E-state index in [0.717, 1.165) is 18.5 Å². The number of ether oxygens (including phenoxy) is 1. The summed E-state index contributed by atoms with van der Waals surface area (Å²) in [5.41, 5.74) is 0.776. The standard InChI is InChI=1S/C11H13ClN2O3/c12-10-3-2-8(14(15)16)6-9(10)11-7-17-5-1-4-13-11/h2-3,6,11,13H,1,4-5,7H2. The molecule has 1 fully saturated rings. The van der Waals surface area contributed by atoms with E-state index in [9.17, 15) is 10.1 Å². The molecule has 0 spiro atoms. The van der Waals surface area contributed by atoms with Crippen LogP contribution in [0.5, 0.6) is 0 Å². The Morgan fingerprint density at radius 2 is 2.35 bits per heavy atom. The first-order valence-electron chi connectivity index (χ1n) is 5.43. The topological polar surface area (TPSA) is 64.4 Å². The number of nitrogens with zero attached hydrogens (tertiary/aromatic N) is 1. The van der Waals surface area contributed by atoms with Gasteiger partial charge in [0.25, 0.3) is 5.69 Å². The summed E-state index contributed by atoms with van der Waals surface area (Å²) in [6.07, 6.45) is 0.934. The molecule has 0 radical (unpaired) electrons. The molecule has 1 saturated heterocycles. The Morgan fingerprint density at radius 1 is 1.53 bits per heavy atom. The molecule has 5 nitrogen and oxygen atoms in total. The Morgan fingerprint density at radius 3 is 3.12 bits per heavy atom. The predicted octanol–water partition coefficient (Wildman–Crippen LogP) is 2.30. The summed E-state index contributed by atoms with van der Waals surface area (Å²) in [4.78, 5) is 10.3. The third-order valence-electron chi connectivity index (χ3n) is 2.71. The Hall–Kier alpha value is -1.17. The molecule has 92 valence electrons. The van der Waals surface area contributed by atoms with Crippen LogP contribution < -0.4 is 5.32 Å². The minimum atomic E-state index is -0.419. The number of hydrogen-bond donors (Lipinski definition) is 1. The molecule has 0 aliphatic carbocycles. The smallest absolute Gasteiger partial charge is 0.269 e. The fourth-order valence-electron chi connectivity index (χ4n) is 1.82. The van der Waals surface area contributed by atoms with E-state index in [2.05, 4.69) is 5.32 Å². The van der Waals surface area contributed by atoms with Crippen LogP contribution in [0.4, 0.5) is 5.69 Å². The highest BCUT2D eigenvalue weighted by Crippen LogP contribution is 2.28. The zero-order valence-electron chi connectivity index (χ0n) is 9.19. The molecule has 0 saturated carbocycles. The molecule has 0 amide bonds. The first-order chi connectivity index (χ1) is 8.18. The Balaban J connectivity index is 2.28. The number of benzene rings is 1. The van der Waals surface area contributed by atoms with Gasteiger partial charge in [-0.15, -0.1) is 0 Å². The molecule has 17 heavy (non-hydrogen) atoms. The summed E-state index contributed by atoms with van der Waals surface area (Å²) in [5.74, 6) is 0. The minimum Gasteiger partial charge on any atom is -0.379 e. The Labute approximate surface area is 104 Å². The van der Waals surface area contributed by atoms with Crippen molar-refractivity contribution in [3.8, 4) is 0 Å². The van der Waals surface area contributed by atoms with Gasteiger partial charge in [-0.1, -0.05) is 11.6 Å². The zero-order chi connectivity index (χ0) is 12.3. The van der Waals surface area contributed by atoms with E-state index >= 15 is 0 Å². The lowest BCUT2D eigenvalue weighted by atomic mass is 10.1. The predicted molar refractivity (Wildman–Crippen MR) is 64.3 cm³/mol. The summed E-state index contributed by atoms with van der Waals surface area (Å²) in [5, 5.41) is 14.5. The minimum absolute atomic E-state index is 0.0513. The summed E-state index contributed by atoms with van der Waals surface area (Å²) >= 11 is 6.07. The molecule has 1 N–H and O–H groups in total. The molecule has 0 bridgehead atoms. The number of non-ortho nitro benzene ring substituents is 1. The Kier molecular flexibility index (Phi) is 3.93. The largest absolute Gasteiger partial charge is 0.379 e. The lowest BCUT2D eigenvalue weighted by Gasteiger charge is -2.16. The van der Waals surface area contributed by atoms with Crippen molar-refractivity contribution < 1.29 is 9.66 Å². The molecule has 1 aromatic rings. The van der Waals surface area contributed by atoms with Crippen molar-refractivity contribution >= 4 is 17.3 Å². The van der Waals surface area contributed by atoms with E-state index in [0.29, 0.717) is 18.2 Å². The van der Waals surface area contributed by atoms with Crippen LogP contribution in [0.3, 0.4) is 0 Å². The van der Waals surface area contributed by atoms with Gasteiger partial charge >= 0.3 is 0 Å². The van der Waals surface area contributed by atoms with Crippen molar-refractivity contribution in [3.63, 3.8) is 0 Å². The summed E-state index contributed by atoms with van der Waals surface area (Å²) in [7, 11) is 0. The van der Waals surface area contributed by atoms with Gasteiger partial charge in [-0.05, 0) is 24.6 Å². The molecule has 1 aromatic carbocycles. The van der Waals surface area contributed by atoms with Crippen LogP contribution in [0.2, 0.25) is 5.02 Å². The first kappa shape index (κ1) is 12.3. The van der Waals surface area contributed by atoms with Gasteiger partial charge in [0.2, 0.25) is 0 Å². The summed E-state index contributed by atoms with van der Waals surface area (Å²) < 4.78 is 5.43. The second-order valence-corrected chi connectivity index (χ2v) is 4.31. The molecule has 0 aromatic heterocycles. The van der Waals surface area contributed by atoms with Crippen LogP contribution in [-0.4, -0.2) is 24.7 Å². The van der Waals surface area contributed by atoms with E-state index < -0.39 is 4.92 Å². The molecular weight excluding hydrogens is 244 g/mol. The monoisotopic (exact) mass is 256 g/mol. The quantitative estimate of drug-likeness (QED) is 0.651. The van der Waals surface area contributed by atoms with Crippen molar-refractivity contribution in [3.05, 3.63) is 38.9 Å². The van der Waals surface area contributed by atoms with Gasteiger partial charge in [0.1, 0.15) is 0 Å². The van der Waals surface area contributed by atoms with E-state index in [4.69, 9.17) is 16.3 Å². The number of rotatable bonds is 2. The molecule has 1 unspecified atom stereocenters. The fraction of sp³-hybridized carbons (Fsp3) is 0.455. The highest BCUT2D eigenvalue weighted by molar-refractivity contribution is 6.31. The SMILES string of the molecule is O=[N+]([O-])c1ccc(Cl)c(C2COCCCN2)c1. The van der Waals surface area contributed by atoms with E-state index in [1.54, 1.807) is 6.07 Å². The molecule has 1 aliphatic heterocycles. The lowest BCUT2D eigenvalue weighted by Crippen LogP contribution is -2.23. The van der Waals surface area contributed by atoms with E-state index in [-0.39, 0.29) is 11.7 Å². The fourth-order valence-corrected chi connectivity index (χ4v) is 2.07. The summed E-state index contributed by atoms with van der Waals surface area (Å²) in [6, 6.07) is 4.39. The van der Waals surface area contributed by atoms with Gasteiger partial charge in [-0.2, -0.15) is 0 Å². The van der Waals surface area contributed by atoms with Gasteiger partial charge in [-0.25, -0.2) is 0 Å². The van der Waals surface area contributed by atoms with Crippen molar-refractivity contribution in [2.45, 2.75) is 12.5 Å². The maximum Gasteiger partial charge on any atom is 0.269 e. The maximum absolute atomic E-state index is 10.7. The van der Waals surface area contributed by atoms with Crippen molar-refractivity contribution in [2.24, 2.45) is 0 Å².